The van der Waals surface area contributed by atoms with Gasteiger partial charge in [-0.1, -0.05) is 91.0 Å². The maximum Gasteiger partial charge on any atom is 0.236 e. The number of ether oxygens (including phenoxy) is 2. The first-order valence-corrected chi connectivity index (χ1v) is 9.30. The molecule has 0 spiro atoms. The summed E-state index contributed by atoms with van der Waals surface area (Å²) in [7, 11) is 0. The molecule has 2 aliphatic rings. The van der Waals surface area contributed by atoms with Gasteiger partial charge in [0.2, 0.25) is 12.1 Å². The van der Waals surface area contributed by atoms with Gasteiger partial charge in [-0.15, -0.1) is 0 Å². The molecule has 28 heavy (non-hydrogen) atoms. The minimum atomic E-state index is -1.29. The van der Waals surface area contributed by atoms with Crippen LogP contribution in [0.3, 0.4) is 0 Å². The lowest BCUT2D eigenvalue weighted by molar-refractivity contribution is -0.317. The van der Waals surface area contributed by atoms with Gasteiger partial charge in [0.05, 0.1) is 0 Å². The number of carbonyl (C=O) groups excluding carboxylic acids is 1. The summed E-state index contributed by atoms with van der Waals surface area (Å²) >= 11 is 0. The quantitative estimate of drug-likeness (QED) is 0.638. The zero-order chi connectivity index (χ0) is 19.2. The first kappa shape index (κ1) is 16.9. The molecule has 1 saturated heterocycles. The number of nitrogens with zero attached hydrogens (tertiary/aromatic N) is 1. The number of hydrogen-bond donors (Lipinski definition) is 0. The van der Waals surface area contributed by atoms with Gasteiger partial charge < -0.3 is 9.47 Å². The molecule has 4 heteroatoms. The van der Waals surface area contributed by atoms with Crippen LogP contribution in [-0.4, -0.2) is 18.0 Å². The molecule has 2 heterocycles. The van der Waals surface area contributed by atoms with Crippen LogP contribution >= 0.6 is 0 Å². The normalized spacial score (nSPS) is 27.9. The molecule has 0 aromatic heterocycles. The zero-order valence-corrected chi connectivity index (χ0v) is 15.4. The molecular weight excluding hydrogens is 350 g/mol. The predicted octanol–water partition coefficient (Wildman–Crippen LogP) is 4.47. The Hall–Kier alpha value is -3.24. The third-order valence-corrected chi connectivity index (χ3v) is 5.52. The fourth-order valence-electron chi connectivity index (χ4n) is 4.32. The van der Waals surface area contributed by atoms with Gasteiger partial charge in [-0.05, 0) is 11.1 Å². The van der Waals surface area contributed by atoms with E-state index in [1.165, 1.54) is 0 Å². The predicted molar refractivity (Wildman–Crippen MR) is 106 cm³/mol. The van der Waals surface area contributed by atoms with E-state index in [0.717, 1.165) is 11.1 Å². The highest BCUT2D eigenvalue weighted by Gasteiger charge is 2.77. The Bertz CT molecular complexity index is 1050. The third kappa shape index (κ3) is 2.09. The zero-order valence-electron chi connectivity index (χ0n) is 15.4. The molecule has 0 saturated carbocycles. The van der Waals surface area contributed by atoms with Crippen LogP contribution in [0.2, 0.25) is 0 Å². The van der Waals surface area contributed by atoms with E-state index in [0.29, 0.717) is 11.5 Å². The fraction of sp³-hybridized carbons (Fsp3) is 0.167. The molecule has 4 nitrogen and oxygen atoms in total. The molecule has 0 aliphatic carbocycles. The van der Waals surface area contributed by atoms with E-state index in [2.05, 4.69) is 0 Å². The number of benzene rings is 3. The number of fused-ring (bicyclic) bond motifs is 1. The minimum Gasteiger partial charge on any atom is -0.449 e. The molecule has 0 amide bonds. The van der Waals surface area contributed by atoms with Crippen molar-refractivity contribution in [1.82, 2.24) is 0 Å². The van der Waals surface area contributed by atoms with Crippen LogP contribution in [0.4, 0.5) is 0 Å². The van der Waals surface area contributed by atoms with Crippen molar-refractivity contribution in [2.45, 2.75) is 24.4 Å². The second-order valence-electron chi connectivity index (χ2n) is 7.07. The van der Waals surface area contributed by atoms with E-state index in [9.17, 15) is 4.79 Å². The van der Waals surface area contributed by atoms with Crippen molar-refractivity contribution >= 4 is 11.7 Å². The van der Waals surface area contributed by atoms with Gasteiger partial charge in [0.1, 0.15) is 0 Å². The van der Waals surface area contributed by atoms with Gasteiger partial charge in [0.25, 0.3) is 0 Å². The molecule has 3 atom stereocenters. The first-order valence-electron chi connectivity index (χ1n) is 9.30. The van der Waals surface area contributed by atoms with Crippen molar-refractivity contribution in [2.24, 2.45) is 4.99 Å². The van der Waals surface area contributed by atoms with Crippen LogP contribution in [-0.2, 0) is 20.6 Å². The molecular formula is C24H19NO3. The standard InChI is InChI=1S/C24H19NO3/c1-17-25-23(19-13-7-3-8-14-19)22(27-17)28-24(23,20-15-9-4-10-16-20)21(26)18-11-5-2-6-12-18/h2-16,22H,1H3/t22-,23-,24-/m0/s1. The van der Waals surface area contributed by atoms with Crippen LogP contribution in [0.25, 0.3) is 0 Å². The van der Waals surface area contributed by atoms with Gasteiger partial charge in [0.15, 0.2) is 17.0 Å². The Labute approximate surface area is 163 Å². The molecule has 0 bridgehead atoms. The van der Waals surface area contributed by atoms with Crippen molar-refractivity contribution in [3.05, 3.63) is 108 Å². The van der Waals surface area contributed by atoms with Crippen molar-refractivity contribution in [3.8, 4) is 0 Å². The van der Waals surface area contributed by atoms with Gasteiger partial charge >= 0.3 is 0 Å². The summed E-state index contributed by atoms with van der Waals surface area (Å²) in [5.74, 6) is 0.397. The van der Waals surface area contributed by atoms with Crippen molar-refractivity contribution in [1.29, 1.82) is 0 Å². The van der Waals surface area contributed by atoms with Gasteiger partial charge in [-0.3, -0.25) is 4.79 Å². The smallest absolute Gasteiger partial charge is 0.236 e. The summed E-state index contributed by atoms with van der Waals surface area (Å²) in [6.07, 6.45) is -0.636. The van der Waals surface area contributed by atoms with E-state index in [4.69, 9.17) is 14.5 Å². The van der Waals surface area contributed by atoms with E-state index in [1.54, 1.807) is 6.92 Å². The van der Waals surface area contributed by atoms with E-state index in [-0.39, 0.29) is 5.78 Å². The lowest BCUT2D eigenvalue weighted by atomic mass is 9.63. The highest BCUT2D eigenvalue weighted by Crippen LogP contribution is 2.62. The SMILES string of the molecule is CC1=N[C@@]2(c3ccccc3)[C@@H](O1)O[C@]2(C(=O)c1ccccc1)c1ccccc1. The maximum absolute atomic E-state index is 13.9. The summed E-state index contributed by atoms with van der Waals surface area (Å²) in [6.45, 7) is 1.80. The Balaban J connectivity index is 1.79. The van der Waals surface area contributed by atoms with Crippen LogP contribution in [0.5, 0.6) is 0 Å². The van der Waals surface area contributed by atoms with Crippen LogP contribution in [0.15, 0.2) is 96.0 Å². The highest BCUT2D eigenvalue weighted by molar-refractivity contribution is 6.05. The van der Waals surface area contributed by atoms with Crippen LogP contribution < -0.4 is 0 Å². The summed E-state index contributed by atoms with van der Waals surface area (Å²) in [4.78, 5) is 18.8. The minimum absolute atomic E-state index is 0.124. The average molecular weight is 369 g/mol. The molecule has 3 aromatic rings. The molecule has 0 unspecified atom stereocenters. The number of ketones is 1. The summed E-state index contributed by atoms with van der Waals surface area (Å²) in [5.41, 5.74) is -0.00598. The Morgan fingerprint density at radius 3 is 1.93 bits per heavy atom. The second kappa shape index (κ2) is 6.14. The highest BCUT2D eigenvalue weighted by atomic mass is 16.7. The Morgan fingerprint density at radius 1 is 0.821 bits per heavy atom. The number of carbonyl (C=O) groups is 1. The molecule has 0 radical (unpaired) electrons. The van der Waals surface area contributed by atoms with Crippen molar-refractivity contribution < 1.29 is 14.3 Å². The molecule has 2 aliphatic heterocycles. The Kier molecular flexibility index (Phi) is 3.71. The lowest BCUT2D eigenvalue weighted by Crippen LogP contribution is -2.71. The van der Waals surface area contributed by atoms with Crippen LogP contribution in [0, 0.1) is 0 Å². The van der Waals surface area contributed by atoms with Gasteiger partial charge in [0, 0.05) is 12.5 Å². The van der Waals surface area contributed by atoms with E-state index in [1.807, 2.05) is 91.0 Å². The molecule has 1 fully saturated rings. The van der Waals surface area contributed by atoms with E-state index >= 15 is 0 Å². The van der Waals surface area contributed by atoms with Gasteiger partial charge in [-0.2, -0.15) is 0 Å². The fourth-order valence-corrected chi connectivity index (χ4v) is 4.32. The van der Waals surface area contributed by atoms with Crippen molar-refractivity contribution in [3.63, 3.8) is 0 Å². The van der Waals surface area contributed by atoms with Crippen molar-refractivity contribution in [2.75, 3.05) is 0 Å². The van der Waals surface area contributed by atoms with Crippen LogP contribution in [0.1, 0.15) is 28.4 Å². The second-order valence-corrected chi connectivity index (χ2v) is 7.07. The third-order valence-electron chi connectivity index (χ3n) is 5.52. The van der Waals surface area contributed by atoms with Gasteiger partial charge in [-0.25, -0.2) is 4.99 Å². The number of hydrogen-bond acceptors (Lipinski definition) is 4. The summed E-state index contributed by atoms with van der Waals surface area (Å²) in [6, 6.07) is 28.6. The number of Topliss-reactive ketones (excluding diaryl/α,β-unsaturated/α-hetero) is 1. The lowest BCUT2D eigenvalue weighted by Gasteiger charge is -2.56. The number of aliphatic imine (C=N–C) groups is 1. The molecule has 138 valence electrons. The van der Waals surface area contributed by atoms with E-state index < -0.39 is 17.4 Å². The summed E-state index contributed by atoms with van der Waals surface area (Å²) < 4.78 is 12.2. The monoisotopic (exact) mass is 369 g/mol. The topological polar surface area (TPSA) is 47.9 Å². The molecule has 5 rings (SSSR count). The largest absolute Gasteiger partial charge is 0.449 e. The number of rotatable bonds is 4. The summed E-state index contributed by atoms with van der Waals surface area (Å²) in [5, 5.41) is 0. The average Bonchev–Trinajstić information content (AvgIpc) is 3.02. The first-order chi connectivity index (χ1) is 13.7. The molecule has 0 N–H and O–H groups in total. The maximum atomic E-state index is 13.9. The molecule has 3 aromatic carbocycles. The Morgan fingerprint density at radius 2 is 1.36 bits per heavy atom.